The van der Waals surface area contributed by atoms with Gasteiger partial charge < -0.3 is 5.73 Å². The van der Waals surface area contributed by atoms with Crippen LogP contribution in [-0.2, 0) is 6.54 Å². The molecule has 2 atom stereocenters. The molecular formula is C14H19N5. The molecule has 1 aromatic heterocycles. The molecule has 3 rings (SSSR count). The summed E-state index contributed by atoms with van der Waals surface area (Å²) in [4.78, 5) is 0. The molecule has 0 saturated heterocycles. The zero-order chi connectivity index (χ0) is 13.2. The van der Waals surface area contributed by atoms with Gasteiger partial charge in [-0.3, -0.25) is 0 Å². The molecule has 1 aliphatic rings. The first kappa shape index (κ1) is 12.1. The van der Waals surface area contributed by atoms with Crippen LogP contribution in [0, 0.1) is 11.8 Å². The van der Waals surface area contributed by atoms with Crippen molar-refractivity contribution >= 4 is 5.69 Å². The minimum atomic E-state index is 0.684. The van der Waals surface area contributed by atoms with Gasteiger partial charge in [-0.15, -0.1) is 5.10 Å². The molecule has 0 aliphatic heterocycles. The largest absolute Gasteiger partial charge is 0.399 e. The summed E-state index contributed by atoms with van der Waals surface area (Å²) in [5.41, 5.74) is 7.54. The van der Waals surface area contributed by atoms with E-state index in [1.807, 2.05) is 28.9 Å². The highest BCUT2D eigenvalue weighted by Gasteiger charge is 2.25. The minimum absolute atomic E-state index is 0.684. The van der Waals surface area contributed by atoms with Crippen molar-refractivity contribution in [2.75, 3.05) is 5.73 Å². The molecule has 5 heteroatoms. The van der Waals surface area contributed by atoms with Crippen LogP contribution in [0.5, 0.6) is 0 Å². The number of anilines is 1. The highest BCUT2D eigenvalue weighted by atomic mass is 15.5. The first-order valence-electron chi connectivity index (χ1n) is 6.86. The van der Waals surface area contributed by atoms with Gasteiger partial charge in [0, 0.05) is 17.8 Å². The van der Waals surface area contributed by atoms with E-state index in [9.17, 15) is 0 Å². The van der Waals surface area contributed by atoms with E-state index < -0.39 is 0 Å². The Hall–Kier alpha value is -1.91. The fourth-order valence-corrected chi connectivity index (χ4v) is 2.93. The van der Waals surface area contributed by atoms with Gasteiger partial charge in [0.05, 0.1) is 0 Å². The van der Waals surface area contributed by atoms with Crippen LogP contribution in [0.2, 0.25) is 0 Å². The molecule has 0 spiro atoms. The quantitative estimate of drug-likeness (QED) is 0.857. The van der Waals surface area contributed by atoms with Gasteiger partial charge in [0.15, 0.2) is 5.82 Å². The van der Waals surface area contributed by atoms with Crippen LogP contribution >= 0.6 is 0 Å². The lowest BCUT2D eigenvalue weighted by Gasteiger charge is -2.15. The van der Waals surface area contributed by atoms with Gasteiger partial charge in [-0.2, -0.15) is 0 Å². The fraction of sp³-hybridized carbons (Fsp3) is 0.500. The summed E-state index contributed by atoms with van der Waals surface area (Å²) in [5.74, 6) is 2.26. The Bertz CT molecular complexity index is 562. The third-order valence-electron chi connectivity index (χ3n) is 4.12. The molecule has 2 N–H and O–H groups in total. The molecule has 19 heavy (non-hydrogen) atoms. The number of rotatable bonds is 3. The van der Waals surface area contributed by atoms with Crippen LogP contribution in [-0.4, -0.2) is 20.2 Å². The Labute approximate surface area is 112 Å². The first-order chi connectivity index (χ1) is 9.24. The van der Waals surface area contributed by atoms with Gasteiger partial charge in [-0.1, -0.05) is 31.9 Å². The Morgan fingerprint density at radius 3 is 3.00 bits per heavy atom. The summed E-state index contributed by atoms with van der Waals surface area (Å²) in [7, 11) is 0. The Morgan fingerprint density at radius 2 is 2.26 bits per heavy atom. The highest BCUT2D eigenvalue weighted by Crippen LogP contribution is 2.33. The van der Waals surface area contributed by atoms with E-state index in [2.05, 4.69) is 22.4 Å². The molecule has 2 aromatic rings. The average Bonchev–Trinajstić information content (AvgIpc) is 3.00. The van der Waals surface area contributed by atoms with E-state index in [0.29, 0.717) is 5.92 Å². The molecule has 5 nitrogen and oxygen atoms in total. The van der Waals surface area contributed by atoms with Gasteiger partial charge in [0.2, 0.25) is 0 Å². The van der Waals surface area contributed by atoms with Crippen LogP contribution in [0.4, 0.5) is 5.69 Å². The second-order valence-electron chi connectivity index (χ2n) is 5.48. The lowest BCUT2D eigenvalue weighted by atomic mass is 9.98. The topological polar surface area (TPSA) is 69.6 Å². The summed E-state index contributed by atoms with van der Waals surface area (Å²) in [5, 5.41) is 12.1. The minimum Gasteiger partial charge on any atom is -0.399 e. The Morgan fingerprint density at radius 1 is 1.37 bits per heavy atom. The number of benzene rings is 1. The fourth-order valence-electron chi connectivity index (χ4n) is 2.93. The third kappa shape index (κ3) is 2.45. The van der Waals surface area contributed by atoms with Crippen molar-refractivity contribution in [2.45, 2.75) is 32.7 Å². The predicted molar refractivity (Wildman–Crippen MR) is 74.2 cm³/mol. The smallest absolute Gasteiger partial charge is 0.182 e. The molecule has 0 bridgehead atoms. The summed E-state index contributed by atoms with van der Waals surface area (Å²) in [6.45, 7) is 3.22. The van der Waals surface area contributed by atoms with Crippen molar-refractivity contribution in [2.24, 2.45) is 11.8 Å². The van der Waals surface area contributed by atoms with Crippen molar-refractivity contribution in [1.82, 2.24) is 20.2 Å². The van der Waals surface area contributed by atoms with Crippen LogP contribution in [0.1, 0.15) is 26.2 Å². The maximum absolute atomic E-state index is 5.82. The highest BCUT2D eigenvalue weighted by molar-refractivity contribution is 5.60. The molecule has 1 aromatic carbocycles. The summed E-state index contributed by atoms with van der Waals surface area (Å²) < 4.78 is 1.92. The van der Waals surface area contributed by atoms with E-state index in [-0.39, 0.29) is 0 Å². The molecule has 100 valence electrons. The van der Waals surface area contributed by atoms with E-state index in [0.717, 1.165) is 29.5 Å². The van der Waals surface area contributed by atoms with Gasteiger partial charge in [-0.25, -0.2) is 4.68 Å². The number of hydrogen-bond donors (Lipinski definition) is 1. The van der Waals surface area contributed by atoms with Crippen molar-refractivity contribution < 1.29 is 0 Å². The lowest BCUT2D eigenvalue weighted by Crippen LogP contribution is -2.15. The van der Waals surface area contributed by atoms with Gasteiger partial charge in [0.25, 0.3) is 0 Å². The first-order valence-corrected chi connectivity index (χ1v) is 6.86. The molecule has 0 radical (unpaired) electrons. The third-order valence-corrected chi connectivity index (χ3v) is 4.12. The Balaban J connectivity index is 1.86. The SMILES string of the molecule is CC1CCCC1Cn1nnnc1-c1cccc(N)c1. The lowest BCUT2D eigenvalue weighted by molar-refractivity contribution is 0.346. The number of tetrazole rings is 1. The maximum atomic E-state index is 5.82. The number of nitrogens with zero attached hydrogens (tertiary/aromatic N) is 4. The number of nitrogen functional groups attached to an aromatic ring is 1. The second kappa shape index (κ2) is 4.99. The van der Waals surface area contributed by atoms with Crippen molar-refractivity contribution in [1.29, 1.82) is 0 Å². The van der Waals surface area contributed by atoms with Crippen molar-refractivity contribution in [3.63, 3.8) is 0 Å². The zero-order valence-corrected chi connectivity index (χ0v) is 11.2. The zero-order valence-electron chi connectivity index (χ0n) is 11.2. The second-order valence-corrected chi connectivity index (χ2v) is 5.48. The summed E-state index contributed by atoms with van der Waals surface area (Å²) in [6, 6.07) is 7.72. The maximum Gasteiger partial charge on any atom is 0.182 e. The van der Waals surface area contributed by atoms with Gasteiger partial charge in [-0.05, 0) is 40.8 Å². The molecule has 1 saturated carbocycles. The van der Waals surface area contributed by atoms with Crippen molar-refractivity contribution in [3.8, 4) is 11.4 Å². The number of hydrogen-bond acceptors (Lipinski definition) is 4. The summed E-state index contributed by atoms with van der Waals surface area (Å²) >= 11 is 0. The van der Waals surface area contributed by atoms with Crippen LogP contribution < -0.4 is 5.73 Å². The van der Waals surface area contributed by atoms with Crippen molar-refractivity contribution in [3.05, 3.63) is 24.3 Å². The standard InChI is InChI=1S/C14H19N5/c1-10-4-2-6-12(10)9-19-14(16-17-18-19)11-5-3-7-13(15)8-11/h3,5,7-8,10,12H,2,4,6,9,15H2,1H3. The van der Waals surface area contributed by atoms with Crippen LogP contribution in [0.3, 0.4) is 0 Å². The normalized spacial score (nSPS) is 22.8. The summed E-state index contributed by atoms with van der Waals surface area (Å²) in [6.07, 6.45) is 3.92. The van der Waals surface area contributed by atoms with E-state index in [1.54, 1.807) is 0 Å². The number of nitrogens with two attached hydrogens (primary N) is 1. The Kier molecular flexibility index (Phi) is 3.19. The average molecular weight is 257 g/mol. The van der Waals surface area contributed by atoms with E-state index in [4.69, 9.17) is 5.73 Å². The molecule has 0 amide bonds. The van der Waals surface area contributed by atoms with Crippen LogP contribution in [0.25, 0.3) is 11.4 Å². The van der Waals surface area contributed by atoms with Gasteiger partial charge >= 0.3 is 0 Å². The molecule has 1 heterocycles. The molecule has 2 unspecified atom stereocenters. The van der Waals surface area contributed by atoms with E-state index >= 15 is 0 Å². The van der Waals surface area contributed by atoms with E-state index in [1.165, 1.54) is 19.3 Å². The molecular weight excluding hydrogens is 238 g/mol. The van der Waals surface area contributed by atoms with Crippen LogP contribution in [0.15, 0.2) is 24.3 Å². The molecule has 1 fully saturated rings. The number of aromatic nitrogens is 4. The van der Waals surface area contributed by atoms with Gasteiger partial charge in [0.1, 0.15) is 0 Å². The molecule has 1 aliphatic carbocycles. The monoisotopic (exact) mass is 257 g/mol. The predicted octanol–water partition coefficient (Wildman–Crippen LogP) is 2.36.